The van der Waals surface area contributed by atoms with Crippen LogP contribution in [0.3, 0.4) is 0 Å². The summed E-state index contributed by atoms with van der Waals surface area (Å²) in [4.78, 5) is 16.5. The number of aromatic hydroxyl groups is 1. The fourth-order valence-electron chi connectivity index (χ4n) is 3.59. The van der Waals surface area contributed by atoms with Gasteiger partial charge in [-0.05, 0) is 61.4 Å². The van der Waals surface area contributed by atoms with Crippen LogP contribution in [0.25, 0.3) is 16.6 Å². The van der Waals surface area contributed by atoms with Gasteiger partial charge in [0.25, 0.3) is 9.84 Å². The average Bonchev–Trinajstić information content (AvgIpc) is 2.96. The van der Waals surface area contributed by atoms with Crippen molar-refractivity contribution in [2.45, 2.75) is 30.8 Å². The number of imidazole rings is 1. The van der Waals surface area contributed by atoms with Gasteiger partial charge in [-0.15, -0.1) is 0 Å². The van der Waals surface area contributed by atoms with Crippen molar-refractivity contribution in [3.8, 4) is 11.6 Å². The van der Waals surface area contributed by atoms with Crippen LogP contribution in [-0.4, -0.2) is 33.2 Å². The number of aromatic nitrogens is 3. The summed E-state index contributed by atoms with van der Waals surface area (Å²) in [5.41, 5.74) is -3.25. The maximum Gasteiger partial charge on any atom is 0.501 e. The lowest BCUT2D eigenvalue weighted by Gasteiger charge is -2.09. The average molecular weight is 477 g/mol. The molecule has 0 spiro atoms. The molecule has 11 heteroatoms. The Balaban J connectivity index is 1.77. The van der Waals surface area contributed by atoms with Crippen molar-refractivity contribution in [3.05, 3.63) is 82.0 Å². The number of rotatable bonds is 4. The minimum Gasteiger partial charge on any atom is -0.493 e. The summed E-state index contributed by atoms with van der Waals surface area (Å²) >= 11 is 0. The van der Waals surface area contributed by atoms with Gasteiger partial charge < -0.3 is 5.11 Å². The molecule has 2 aromatic heterocycles. The van der Waals surface area contributed by atoms with Crippen molar-refractivity contribution in [3.63, 3.8) is 0 Å². The van der Waals surface area contributed by atoms with Crippen molar-refractivity contribution >= 4 is 20.7 Å². The van der Waals surface area contributed by atoms with Gasteiger partial charge in [-0.1, -0.05) is 12.1 Å². The number of alkyl halides is 3. The maximum atomic E-state index is 13.1. The van der Waals surface area contributed by atoms with E-state index in [2.05, 4.69) is 4.98 Å². The Kier molecular flexibility index (Phi) is 5.32. The summed E-state index contributed by atoms with van der Waals surface area (Å²) in [6.07, 6.45) is 1.62. The molecule has 172 valence electrons. The molecule has 0 aliphatic heterocycles. The number of fused-ring (bicyclic) bond motifs is 1. The van der Waals surface area contributed by atoms with Crippen molar-refractivity contribution < 1.29 is 26.7 Å². The third kappa shape index (κ3) is 3.78. The van der Waals surface area contributed by atoms with Crippen LogP contribution >= 0.6 is 0 Å². The Bertz CT molecular complexity index is 1540. The molecular formula is C22H18F3N3O4S. The maximum absolute atomic E-state index is 13.1. The van der Waals surface area contributed by atoms with E-state index in [-0.39, 0.29) is 17.9 Å². The Hall–Kier alpha value is -3.60. The summed E-state index contributed by atoms with van der Waals surface area (Å²) in [6, 6.07) is 11.0. The second-order valence-electron chi connectivity index (χ2n) is 7.55. The summed E-state index contributed by atoms with van der Waals surface area (Å²) in [5.74, 6) is -0.402. The number of halogens is 3. The van der Waals surface area contributed by atoms with Crippen LogP contribution in [0.2, 0.25) is 0 Å². The number of pyridine rings is 1. The zero-order valence-electron chi connectivity index (χ0n) is 17.5. The Labute approximate surface area is 186 Å². The third-order valence-electron chi connectivity index (χ3n) is 5.39. The van der Waals surface area contributed by atoms with Crippen LogP contribution in [0.4, 0.5) is 13.2 Å². The van der Waals surface area contributed by atoms with E-state index in [1.54, 1.807) is 12.3 Å². The van der Waals surface area contributed by atoms with Crippen LogP contribution in [0, 0.1) is 13.8 Å². The highest BCUT2D eigenvalue weighted by molar-refractivity contribution is 7.92. The highest BCUT2D eigenvalue weighted by Gasteiger charge is 2.46. The summed E-state index contributed by atoms with van der Waals surface area (Å²) < 4.78 is 63.7. The van der Waals surface area contributed by atoms with Gasteiger partial charge in [0.05, 0.1) is 28.3 Å². The van der Waals surface area contributed by atoms with Gasteiger partial charge in [0.2, 0.25) is 5.88 Å². The molecule has 0 atom stereocenters. The van der Waals surface area contributed by atoms with E-state index < -0.39 is 31.8 Å². The predicted octanol–water partition coefficient (Wildman–Crippen LogP) is 3.85. The number of nitrogens with zero attached hydrogens (tertiary/aromatic N) is 3. The highest BCUT2D eigenvalue weighted by atomic mass is 32.2. The van der Waals surface area contributed by atoms with Crippen molar-refractivity contribution in [2.75, 3.05) is 0 Å². The SMILES string of the molecule is Cc1ccc2c(Cn3c(C)c(O)n(-c4ccc(S(=O)(=O)C(F)(F)F)cc4)c3=O)ccnc2c1. The van der Waals surface area contributed by atoms with E-state index in [9.17, 15) is 31.5 Å². The lowest BCUT2D eigenvalue weighted by molar-refractivity contribution is -0.0436. The largest absolute Gasteiger partial charge is 0.501 e. The molecule has 1 N–H and O–H groups in total. The van der Waals surface area contributed by atoms with E-state index in [0.717, 1.165) is 50.9 Å². The molecule has 0 saturated heterocycles. The van der Waals surface area contributed by atoms with Crippen molar-refractivity contribution in [1.29, 1.82) is 0 Å². The minimum absolute atomic E-state index is 0.0238. The van der Waals surface area contributed by atoms with E-state index in [4.69, 9.17) is 0 Å². The van der Waals surface area contributed by atoms with Gasteiger partial charge in [-0.25, -0.2) is 17.8 Å². The molecule has 0 aliphatic rings. The van der Waals surface area contributed by atoms with Crippen LogP contribution in [0.5, 0.6) is 5.88 Å². The van der Waals surface area contributed by atoms with Gasteiger partial charge in [-0.2, -0.15) is 13.2 Å². The molecule has 0 amide bonds. The molecule has 0 radical (unpaired) electrons. The fourth-order valence-corrected chi connectivity index (χ4v) is 4.35. The zero-order chi connectivity index (χ0) is 24.1. The first kappa shape index (κ1) is 22.6. The molecule has 4 aromatic rings. The zero-order valence-corrected chi connectivity index (χ0v) is 18.3. The molecule has 0 saturated carbocycles. The van der Waals surface area contributed by atoms with Crippen molar-refractivity contribution in [2.24, 2.45) is 0 Å². The van der Waals surface area contributed by atoms with Gasteiger partial charge >= 0.3 is 11.2 Å². The van der Waals surface area contributed by atoms with Crippen LogP contribution in [0.15, 0.2) is 64.4 Å². The highest BCUT2D eigenvalue weighted by Crippen LogP contribution is 2.31. The molecule has 0 bridgehead atoms. The molecule has 0 unspecified atom stereocenters. The monoisotopic (exact) mass is 477 g/mol. The van der Waals surface area contributed by atoms with Crippen LogP contribution in [0.1, 0.15) is 16.8 Å². The number of aryl methyl sites for hydroxylation is 1. The first-order valence-corrected chi connectivity index (χ1v) is 11.2. The van der Waals surface area contributed by atoms with E-state index in [1.165, 1.54) is 11.5 Å². The van der Waals surface area contributed by atoms with Crippen LogP contribution < -0.4 is 5.69 Å². The third-order valence-corrected chi connectivity index (χ3v) is 6.89. The smallest absolute Gasteiger partial charge is 0.493 e. The summed E-state index contributed by atoms with van der Waals surface area (Å²) in [7, 11) is -5.52. The first-order chi connectivity index (χ1) is 15.4. The molecule has 0 aliphatic carbocycles. The molecule has 4 rings (SSSR count). The topological polar surface area (TPSA) is 94.2 Å². The molecule has 7 nitrogen and oxygen atoms in total. The fraction of sp³-hybridized carbons (Fsp3) is 0.182. The first-order valence-electron chi connectivity index (χ1n) is 9.69. The van der Waals surface area contributed by atoms with Crippen LogP contribution in [-0.2, 0) is 16.4 Å². The molecular weight excluding hydrogens is 459 g/mol. The molecule has 2 aromatic carbocycles. The minimum atomic E-state index is -5.52. The number of benzene rings is 2. The predicted molar refractivity (Wildman–Crippen MR) is 115 cm³/mol. The normalized spacial score (nSPS) is 12.4. The Morgan fingerprint density at radius 3 is 2.33 bits per heavy atom. The number of sulfone groups is 1. The quantitative estimate of drug-likeness (QED) is 0.482. The molecule has 33 heavy (non-hydrogen) atoms. The van der Waals surface area contributed by atoms with E-state index in [1.807, 2.05) is 25.1 Å². The summed E-state index contributed by atoms with van der Waals surface area (Å²) in [5, 5.41) is 11.4. The van der Waals surface area contributed by atoms with Gasteiger partial charge in [0.15, 0.2) is 0 Å². The Morgan fingerprint density at radius 2 is 1.70 bits per heavy atom. The van der Waals surface area contributed by atoms with Gasteiger partial charge in [-0.3, -0.25) is 9.55 Å². The molecule has 0 fully saturated rings. The lowest BCUT2D eigenvalue weighted by Crippen LogP contribution is -2.25. The van der Waals surface area contributed by atoms with Gasteiger partial charge in [0, 0.05) is 11.6 Å². The second kappa shape index (κ2) is 7.77. The second-order valence-corrected chi connectivity index (χ2v) is 9.49. The van der Waals surface area contributed by atoms with Crippen molar-refractivity contribution in [1.82, 2.24) is 14.1 Å². The van der Waals surface area contributed by atoms with E-state index in [0.29, 0.717) is 0 Å². The van der Waals surface area contributed by atoms with E-state index >= 15 is 0 Å². The van der Waals surface area contributed by atoms with Gasteiger partial charge in [0.1, 0.15) is 0 Å². The number of hydrogen-bond donors (Lipinski definition) is 1. The lowest BCUT2D eigenvalue weighted by atomic mass is 10.1. The standard InChI is InChI=1S/C22H18F3N3O4S/c1-13-3-8-18-15(9-10-26-19(18)11-13)12-27-14(2)20(29)28(21(27)30)16-4-6-17(7-5-16)33(31,32)22(23,24)25/h3-11,29H,12H2,1-2H3. The molecule has 2 heterocycles. The Morgan fingerprint density at radius 1 is 1.03 bits per heavy atom. The number of hydrogen-bond acceptors (Lipinski definition) is 5. The summed E-state index contributed by atoms with van der Waals surface area (Å²) in [6.45, 7) is 3.59.